The zero-order valence-corrected chi connectivity index (χ0v) is 29.1. The lowest BCUT2D eigenvalue weighted by Crippen LogP contribution is -2.54. The van der Waals surface area contributed by atoms with Crippen molar-refractivity contribution in [3.8, 4) is 23.0 Å². The number of sulfonamides is 1. The number of carbonyl (C=O) groups is 2. The molecule has 3 aromatic rings. The zero-order chi connectivity index (χ0) is 33.5. The van der Waals surface area contributed by atoms with E-state index in [-0.39, 0.29) is 34.5 Å². The summed E-state index contributed by atoms with van der Waals surface area (Å²) in [5.74, 6) is 0.0369. The SMILES string of the molecule is COc1ccc(OC)c(N(CC(=O)N(Cc2ccc(Br)cc2)[C@H](C)C(=O)NC(C)(C)C)S(=O)(=O)c2ccc(OC)c(OC)c2)c1. The van der Waals surface area contributed by atoms with Gasteiger partial charge in [-0.15, -0.1) is 0 Å². The van der Waals surface area contributed by atoms with E-state index in [2.05, 4.69) is 21.2 Å². The normalized spacial score (nSPS) is 12.1. The summed E-state index contributed by atoms with van der Waals surface area (Å²) >= 11 is 3.42. The van der Waals surface area contributed by atoms with Crippen LogP contribution in [0.3, 0.4) is 0 Å². The summed E-state index contributed by atoms with van der Waals surface area (Å²) < 4.78 is 52.1. The van der Waals surface area contributed by atoms with Crippen molar-refractivity contribution in [1.29, 1.82) is 0 Å². The van der Waals surface area contributed by atoms with Crippen molar-refractivity contribution in [2.75, 3.05) is 39.3 Å². The van der Waals surface area contributed by atoms with Crippen molar-refractivity contribution in [2.45, 2.75) is 50.7 Å². The summed E-state index contributed by atoms with van der Waals surface area (Å²) in [4.78, 5) is 28.8. The first-order valence-electron chi connectivity index (χ1n) is 14.0. The van der Waals surface area contributed by atoms with Gasteiger partial charge in [-0.2, -0.15) is 0 Å². The van der Waals surface area contributed by atoms with E-state index in [4.69, 9.17) is 18.9 Å². The van der Waals surface area contributed by atoms with Crippen LogP contribution in [0.15, 0.2) is 70.0 Å². The summed E-state index contributed by atoms with van der Waals surface area (Å²) in [5, 5.41) is 2.91. The highest BCUT2D eigenvalue weighted by molar-refractivity contribution is 9.10. The first kappa shape index (κ1) is 35.5. The van der Waals surface area contributed by atoms with Gasteiger partial charge in [-0.05, 0) is 69.7 Å². The molecule has 0 heterocycles. The molecule has 0 saturated carbocycles. The van der Waals surface area contributed by atoms with Crippen LogP contribution in [-0.4, -0.2) is 71.7 Å². The van der Waals surface area contributed by atoms with Crippen LogP contribution < -0.4 is 28.6 Å². The first-order chi connectivity index (χ1) is 21.1. The Labute approximate surface area is 273 Å². The van der Waals surface area contributed by atoms with E-state index in [1.165, 1.54) is 57.6 Å². The highest BCUT2D eigenvalue weighted by Gasteiger charge is 2.35. The predicted molar refractivity (Wildman–Crippen MR) is 176 cm³/mol. The fourth-order valence-corrected chi connectivity index (χ4v) is 6.15. The molecule has 0 bridgehead atoms. The van der Waals surface area contributed by atoms with Gasteiger partial charge < -0.3 is 29.2 Å². The Bertz CT molecular complexity index is 1610. The molecule has 13 heteroatoms. The van der Waals surface area contributed by atoms with Crippen molar-refractivity contribution in [2.24, 2.45) is 0 Å². The molecule has 244 valence electrons. The molecular weight excluding hydrogens is 666 g/mol. The number of amides is 2. The van der Waals surface area contributed by atoms with Gasteiger partial charge in [0.05, 0.1) is 39.0 Å². The van der Waals surface area contributed by atoms with Gasteiger partial charge in [0.2, 0.25) is 11.8 Å². The number of nitrogens with zero attached hydrogens (tertiary/aromatic N) is 2. The van der Waals surface area contributed by atoms with Gasteiger partial charge >= 0.3 is 0 Å². The Morgan fingerprint density at radius 2 is 1.44 bits per heavy atom. The maximum absolute atomic E-state index is 14.4. The number of benzene rings is 3. The molecule has 45 heavy (non-hydrogen) atoms. The van der Waals surface area contributed by atoms with E-state index in [9.17, 15) is 18.0 Å². The average molecular weight is 707 g/mol. The van der Waals surface area contributed by atoms with Gasteiger partial charge in [0.25, 0.3) is 10.0 Å². The molecule has 2 amide bonds. The largest absolute Gasteiger partial charge is 0.497 e. The molecule has 0 saturated heterocycles. The summed E-state index contributed by atoms with van der Waals surface area (Å²) in [6.45, 7) is 6.51. The second-order valence-electron chi connectivity index (χ2n) is 11.1. The molecule has 0 fully saturated rings. The molecule has 11 nitrogen and oxygen atoms in total. The lowest BCUT2D eigenvalue weighted by molar-refractivity contribution is -0.140. The Kier molecular flexibility index (Phi) is 11.7. The molecule has 1 N–H and O–H groups in total. The smallest absolute Gasteiger partial charge is 0.265 e. The number of halogens is 1. The van der Waals surface area contributed by atoms with Crippen LogP contribution in [0.25, 0.3) is 0 Å². The topological polar surface area (TPSA) is 124 Å². The highest BCUT2D eigenvalue weighted by Crippen LogP contribution is 2.38. The fourth-order valence-electron chi connectivity index (χ4n) is 4.45. The van der Waals surface area contributed by atoms with E-state index >= 15 is 0 Å². The number of methoxy groups -OCH3 is 4. The van der Waals surface area contributed by atoms with Crippen LogP contribution >= 0.6 is 15.9 Å². The van der Waals surface area contributed by atoms with Crippen LogP contribution in [-0.2, 0) is 26.2 Å². The van der Waals surface area contributed by atoms with Crippen LogP contribution in [0.4, 0.5) is 5.69 Å². The molecule has 1 atom stereocenters. The molecule has 0 aromatic heterocycles. The van der Waals surface area contributed by atoms with Gasteiger partial charge in [-0.25, -0.2) is 8.42 Å². The fraction of sp³-hybridized carbons (Fsp3) is 0.375. The van der Waals surface area contributed by atoms with E-state index in [1.54, 1.807) is 19.1 Å². The molecule has 3 rings (SSSR count). The lowest BCUT2D eigenvalue weighted by Gasteiger charge is -2.34. The number of nitrogens with one attached hydrogen (secondary N) is 1. The zero-order valence-electron chi connectivity index (χ0n) is 26.7. The van der Waals surface area contributed by atoms with Crippen LogP contribution in [0, 0.1) is 0 Å². The van der Waals surface area contributed by atoms with E-state index in [0.717, 1.165) is 14.3 Å². The molecule has 0 aliphatic carbocycles. The number of hydrogen-bond donors (Lipinski definition) is 1. The quantitative estimate of drug-likeness (QED) is 0.263. The maximum Gasteiger partial charge on any atom is 0.265 e. The van der Waals surface area contributed by atoms with Crippen molar-refractivity contribution in [3.05, 3.63) is 70.7 Å². The number of carbonyl (C=O) groups excluding carboxylic acids is 2. The average Bonchev–Trinajstić information content (AvgIpc) is 3.01. The van der Waals surface area contributed by atoms with Gasteiger partial charge in [0.1, 0.15) is 24.1 Å². The Hall–Kier alpha value is -3.97. The molecule has 3 aromatic carbocycles. The third kappa shape index (κ3) is 8.82. The summed E-state index contributed by atoms with van der Waals surface area (Å²) in [5.41, 5.74) is 0.250. The summed E-state index contributed by atoms with van der Waals surface area (Å²) in [6.07, 6.45) is 0. The van der Waals surface area contributed by atoms with E-state index < -0.39 is 34.1 Å². The van der Waals surface area contributed by atoms with Gasteiger partial charge in [-0.1, -0.05) is 28.1 Å². The Morgan fingerprint density at radius 1 is 0.844 bits per heavy atom. The highest BCUT2D eigenvalue weighted by atomic mass is 79.9. The third-order valence-corrected chi connectivity index (χ3v) is 9.09. The van der Waals surface area contributed by atoms with Crippen molar-refractivity contribution >= 4 is 43.5 Å². The van der Waals surface area contributed by atoms with Crippen molar-refractivity contribution < 1.29 is 37.0 Å². The molecule has 0 aliphatic heterocycles. The summed E-state index contributed by atoms with van der Waals surface area (Å²) in [6, 6.07) is 15.1. The molecule has 0 radical (unpaired) electrons. The van der Waals surface area contributed by atoms with Crippen LogP contribution in [0.5, 0.6) is 23.0 Å². The monoisotopic (exact) mass is 705 g/mol. The van der Waals surface area contributed by atoms with Crippen LogP contribution in [0.1, 0.15) is 33.3 Å². The van der Waals surface area contributed by atoms with Gasteiger partial charge in [-0.3, -0.25) is 13.9 Å². The molecular formula is C32H40BrN3O8S. The molecule has 0 spiro atoms. The van der Waals surface area contributed by atoms with Gasteiger partial charge in [0, 0.05) is 28.7 Å². The summed E-state index contributed by atoms with van der Waals surface area (Å²) in [7, 11) is 1.23. The number of anilines is 1. The minimum absolute atomic E-state index is 0.0460. The van der Waals surface area contributed by atoms with Crippen molar-refractivity contribution in [1.82, 2.24) is 10.2 Å². The first-order valence-corrected chi connectivity index (χ1v) is 16.2. The predicted octanol–water partition coefficient (Wildman–Crippen LogP) is 5.01. The standard InChI is InChI=1S/C32H40BrN3O8S/c1-21(31(38)34-32(2,3)4)35(19-22-9-11-23(33)12-10-22)30(37)20-36(26-17-24(41-5)13-15-27(26)42-6)45(39,40)25-14-16-28(43-7)29(18-25)44-8/h9-18,21H,19-20H2,1-8H3,(H,34,38)/t21-/m1/s1. The Balaban J connectivity index is 2.17. The number of hydrogen-bond acceptors (Lipinski definition) is 8. The van der Waals surface area contributed by atoms with Crippen LogP contribution in [0.2, 0.25) is 0 Å². The van der Waals surface area contributed by atoms with Gasteiger partial charge in [0.15, 0.2) is 11.5 Å². The third-order valence-electron chi connectivity index (χ3n) is 6.81. The number of ether oxygens (including phenoxy) is 4. The molecule has 0 unspecified atom stereocenters. The van der Waals surface area contributed by atoms with Crippen molar-refractivity contribution in [3.63, 3.8) is 0 Å². The van der Waals surface area contributed by atoms with E-state index in [1.807, 2.05) is 45.0 Å². The second kappa shape index (κ2) is 14.9. The second-order valence-corrected chi connectivity index (χ2v) is 13.9. The molecule has 0 aliphatic rings. The minimum Gasteiger partial charge on any atom is -0.497 e. The maximum atomic E-state index is 14.4. The minimum atomic E-state index is -4.44. The lowest BCUT2D eigenvalue weighted by atomic mass is 10.1. The Morgan fingerprint density at radius 3 is 2.00 bits per heavy atom. The number of rotatable bonds is 13. The van der Waals surface area contributed by atoms with E-state index in [0.29, 0.717) is 11.5 Å².